The fraction of sp³-hybridized carbons (Fsp3) is 0.571. The summed E-state index contributed by atoms with van der Waals surface area (Å²) in [5.74, 6) is 0. The third-order valence-corrected chi connectivity index (χ3v) is 3.40. The van der Waals surface area contributed by atoms with Crippen LogP contribution in [0, 0.1) is 10.1 Å². The molecule has 1 aromatic carbocycles. The number of hydrogen-bond donors (Lipinski definition) is 1. The highest BCUT2D eigenvalue weighted by molar-refractivity contribution is 5.62. The van der Waals surface area contributed by atoms with Gasteiger partial charge in [0.1, 0.15) is 5.69 Å². The lowest BCUT2D eigenvalue weighted by atomic mass is 10.0. The van der Waals surface area contributed by atoms with Crippen LogP contribution in [0.25, 0.3) is 0 Å². The molecule has 2 N–H and O–H groups in total. The number of ether oxygens (including phenoxy) is 1. The first kappa shape index (κ1) is 14.7. The number of morpholine rings is 1. The third-order valence-electron chi connectivity index (χ3n) is 3.40. The highest BCUT2D eigenvalue weighted by Crippen LogP contribution is 2.28. The number of anilines is 1. The van der Waals surface area contributed by atoms with E-state index in [2.05, 4.69) is 4.90 Å². The Bertz CT molecular complexity index is 516. The largest absolute Gasteiger partial charge is 0.393 e. The van der Waals surface area contributed by atoms with Gasteiger partial charge in [-0.25, -0.2) is 0 Å². The molecule has 6 nitrogen and oxygen atoms in total. The Kier molecular flexibility index (Phi) is 3.96. The maximum atomic E-state index is 10.9. The lowest BCUT2D eigenvalue weighted by Gasteiger charge is -2.41. The van der Waals surface area contributed by atoms with E-state index in [-0.39, 0.29) is 23.1 Å². The van der Waals surface area contributed by atoms with Crippen LogP contribution in [0.4, 0.5) is 11.4 Å². The molecule has 1 heterocycles. The highest BCUT2D eigenvalue weighted by atomic mass is 16.6. The molecule has 0 amide bonds. The van der Waals surface area contributed by atoms with Crippen molar-refractivity contribution in [2.75, 3.05) is 18.8 Å². The number of nitrogens with two attached hydrogens (primary N) is 1. The Morgan fingerprint density at radius 3 is 2.85 bits per heavy atom. The van der Waals surface area contributed by atoms with Crippen molar-refractivity contribution in [3.8, 4) is 0 Å². The summed E-state index contributed by atoms with van der Waals surface area (Å²) in [5.41, 5.74) is 6.72. The van der Waals surface area contributed by atoms with Crippen LogP contribution in [0.5, 0.6) is 0 Å². The molecule has 0 aromatic heterocycles. The highest BCUT2D eigenvalue weighted by Gasteiger charge is 2.31. The van der Waals surface area contributed by atoms with Gasteiger partial charge in [-0.15, -0.1) is 0 Å². The molecule has 1 atom stereocenters. The minimum Gasteiger partial charge on any atom is -0.393 e. The monoisotopic (exact) mass is 279 g/mol. The van der Waals surface area contributed by atoms with Gasteiger partial charge in [-0.2, -0.15) is 0 Å². The average Bonchev–Trinajstić information content (AvgIpc) is 2.28. The molecule has 6 heteroatoms. The van der Waals surface area contributed by atoms with E-state index < -0.39 is 4.92 Å². The average molecular weight is 279 g/mol. The fourth-order valence-electron chi connectivity index (χ4n) is 2.84. The summed E-state index contributed by atoms with van der Waals surface area (Å²) in [6.07, 6.45) is 0.138. The number of benzene rings is 1. The second kappa shape index (κ2) is 5.38. The van der Waals surface area contributed by atoms with Crippen molar-refractivity contribution in [2.24, 2.45) is 0 Å². The molecule has 110 valence electrons. The van der Waals surface area contributed by atoms with Crippen LogP contribution in [0.3, 0.4) is 0 Å². The van der Waals surface area contributed by atoms with Gasteiger partial charge in [0.15, 0.2) is 0 Å². The zero-order valence-electron chi connectivity index (χ0n) is 12.1. The Hall–Kier alpha value is -1.66. The van der Waals surface area contributed by atoms with Crippen LogP contribution in [0.2, 0.25) is 0 Å². The molecule has 20 heavy (non-hydrogen) atoms. The smallest absolute Gasteiger partial charge is 0.292 e. The normalized spacial score (nSPS) is 22.6. The van der Waals surface area contributed by atoms with Crippen LogP contribution in [0.1, 0.15) is 26.3 Å². The number of nitro benzene ring substituents is 1. The van der Waals surface area contributed by atoms with E-state index in [4.69, 9.17) is 10.5 Å². The summed E-state index contributed by atoms with van der Waals surface area (Å²) in [6.45, 7) is 8.30. The minimum absolute atomic E-state index is 0.0249. The van der Waals surface area contributed by atoms with Crippen molar-refractivity contribution in [1.82, 2.24) is 4.90 Å². The molecular formula is C14H21N3O3. The molecule has 1 aliphatic rings. The number of hydrogen-bond acceptors (Lipinski definition) is 5. The fourth-order valence-corrected chi connectivity index (χ4v) is 2.84. The van der Waals surface area contributed by atoms with Crippen LogP contribution in [-0.4, -0.2) is 34.6 Å². The van der Waals surface area contributed by atoms with Gasteiger partial charge in [0, 0.05) is 25.7 Å². The molecule has 0 aliphatic carbocycles. The van der Waals surface area contributed by atoms with Crippen molar-refractivity contribution < 1.29 is 9.66 Å². The zero-order chi connectivity index (χ0) is 14.9. The summed E-state index contributed by atoms with van der Waals surface area (Å²) < 4.78 is 5.85. The van der Waals surface area contributed by atoms with Gasteiger partial charge < -0.3 is 10.5 Å². The SMILES string of the molecule is CC1CN(Cc2cccc([N+](=O)[O-])c2N)CC(C)(C)O1. The number of nitrogen functional groups attached to an aromatic ring is 1. The van der Waals surface area contributed by atoms with Crippen LogP contribution in [0.15, 0.2) is 18.2 Å². The van der Waals surface area contributed by atoms with Gasteiger partial charge in [0.05, 0.1) is 16.6 Å². The van der Waals surface area contributed by atoms with Crippen molar-refractivity contribution in [1.29, 1.82) is 0 Å². The molecule has 1 aliphatic heterocycles. The van der Waals surface area contributed by atoms with E-state index >= 15 is 0 Å². The summed E-state index contributed by atoms with van der Waals surface area (Å²) in [7, 11) is 0. The predicted molar refractivity (Wildman–Crippen MR) is 77.4 cm³/mol. The maximum absolute atomic E-state index is 10.9. The molecule has 0 saturated carbocycles. The molecule has 0 spiro atoms. The van der Waals surface area contributed by atoms with Crippen LogP contribution >= 0.6 is 0 Å². The summed E-state index contributed by atoms with van der Waals surface area (Å²) in [6, 6.07) is 4.96. The van der Waals surface area contributed by atoms with Crippen molar-refractivity contribution in [3.05, 3.63) is 33.9 Å². The van der Waals surface area contributed by atoms with Crippen molar-refractivity contribution in [3.63, 3.8) is 0 Å². The Labute approximate surface area is 118 Å². The molecule has 0 radical (unpaired) electrons. The molecule has 1 aromatic rings. The van der Waals surface area contributed by atoms with E-state index in [9.17, 15) is 10.1 Å². The van der Waals surface area contributed by atoms with E-state index in [0.717, 1.165) is 18.7 Å². The van der Waals surface area contributed by atoms with Gasteiger partial charge in [0.25, 0.3) is 5.69 Å². The van der Waals surface area contributed by atoms with Gasteiger partial charge in [-0.3, -0.25) is 15.0 Å². The molecule has 2 rings (SSSR count). The number of nitro groups is 1. The molecule has 1 unspecified atom stereocenters. The van der Waals surface area contributed by atoms with E-state index in [0.29, 0.717) is 6.54 Å². The van der Waals surface area contributed by atoms with Crippen LogP contribution in [-0.2, 0) is 11.3 Å². The van der Waals surface area contributed by atoms with Gasteiger partial charge in [-0.05, 0) is 26.3 Å². The molecule has 0 bridgehead atoms. The lowest BCUT2D eigenvalue weighted by molar-refractivity contribution is -0.384. The quantitative estimate of drug-likeness (QED) is 0.521. The maximum Gasteiger partial charge on any atom is 0.292 e. The number of nitrogens with zero attached hydrogens (tertiary/aromatic N) is 2. The number of para-hydroxylation sites is 1. The lowest BCUT2D eigenvalue weighted by Crippen LogP contribution is -2.51. The van der Waals surface area contributed by atoms with E-state index in [1.54, 1.807) is 6.07 Å². The second-order valence-electron chi connectivity index (χ2n) is 5.96. The minimum atomic E-state index is -0.440. The standard InChI is InChI=1S/C14H21N3O3/c1-10-7-16(9-14(2,3)20-10)8-11-5-4-6-12(13(11)15)17(18)19/h4-6,10H,7-9,15H2,1-3H3. The van der Waals surface area contributed by atoms with E-state index in [1.165, 1.54) is 6.07 Å². The molecule has 1 saturated heterocycles. The summed E-state index contributed by atoms with van der Waals surface area (Å²) in [5, 5.41) is 10.9. The molecule has 1 fully saturated rings. The predicted octanol–water partition coefficient (Wildman–Crippen LogP) is 2.18. The van der Waals surface area contributed by atoms with Crippen molar-refractivity contribution in [2.45, 2.75) is 39.0 Å². The molecular weight excluding hydrogens is 258 g/mol. The number of rotatable bonds is 3. The topological polar surface area (TPSA) is 81.6 Å². The zero-order valence-corrected chi connectivity index (χ0v) is 12.1. The Morgan fingerprint density at radius 2 is 2.25 bits per heavy atom. The first-order chi connectivity index (χ1) is 9.28. The Morgan fingerprint density at radius 1 is 1.55 bits per heavy atom. The first-order valence-electron chi connectivity index (χ1n) is 6.70. The first-order valence-corrected chi connectivity index (χ1v) is 6.70. The van der Waals surface area contributed by atoms with Crippen molar-refractivity contribution >= 4 is 11.4 Å². The third kappa shape index (κ3) is 3.26. The summed E-state index contributed by atoms with van der Waals surface area (Å²) in [4.78, 5) is 12.7. The van der Waals surface area contributed by atoms with Crippen LogP contribution < -0.4 is 5.73 Å². The van der Waals surface area contributed by atoms with Gasteiger partial charge in [0.2, 0.25) is 0 Å². The summed E-state index contributed by atoms with van der Waals surface area (Å²) >= 11 is 0. The van der Waals surface area contributed by atoms with Gasteiger partial charge in [-0.1, -0.05) is 12.1 Å². The van der Waals surface area contributed by atoms with Gasteiger partial charge >= 0.3 is 0 Å². The van der Waals surface area contributed by atoms with E-state index in [1.807, 2.05) is 26.8 Å². The Balaban J connectivity index is 2.18. The second-order valence-corrected chi connectivity index (χ2v) is 5.96.